The number of carbonyl (C=O) groups is 2. The third-order valence-electron chi connectivity index (χ3n) is 3.38. The summed E-state index contributed by atoms with van der Waals surface area (Å²) in [6.07, 6.45) is 0.680. The van der Waals surface area contributed by atoms with Crippen LogP contribution in [0.1, 0.15) is 53.9 Å². The second-order valence-electron chi connectivity index (χ2n) is 4.90. The molecule has 0 aliphatic carbocycles. The van der Waals surface area contributed by atoms with Crippen LogP contribution in [-0.4, -0.2) is 35.9 Å². The molecule has 1 unspecified atom stereocenters. The van der Waals surface area contributed by atoms with E-state index in [1.54, 1.807) is 34.6 Å². The fourth-order valence-electron chi connectivity index (χ4n) is 1.95. The Balaban J connectivity index is 5.41. The normalized spacial score (nSPS) is 14.6. The van der Waals surface area contributed by atoms with Crippen LogP contribution < -0.4 is 0 Å². The quantitative estimate of drug-likeness (QED) is 0.542. The summed E-state index contributed by atoms with van der Waals surface area (Å²) in [5, 5.41) is 10.2. The highest BCUT2D eigenvalue weighted by Gasteiger charge is 2.50. The van der Waals surface area contributed by atoms with Crippen molar-refractivity contribution in [3.05, 3.63) is 0 Å². The molecule has 0 amide bonds. The van der Waals surface area contributed by atoms with E-state index in [9.17, 15) is 14.7 Å². The number of rotatable bonds is 8. The van der Waals surface area contributed by atoms with Crippen LogP contribution in [0.2, 0.25) is 0 Å². The Morgan fingerprint density at radius 2 is 1.37 bits per heavy atom. The van der Waals surface area contributed by atoms with Gasteiger partial charge in [0.05, 0.1) is 18.8 Å². The van der Waals surface area contributed by atoms with Gasteiger partial charge in [-0.05, 0) is 33.6 Å². The van der Waals surface area contributed by atoms with E-state index in [0.29, 0.717) is 6.42 Å². The smallest absolute Gasteiger partial charge is 0.323 e. The zero-order chi connectivity index (χ0) is 15.1. The average Bonchev–Trinajstić information content (AvgIpc) is 2.36. The van der Waals surface area contributed by atoms with Crippen molar-refractivity contribution in [2.75, 3.05) is 13.2 Å². The molecule has 5 heteroatoms. The standard InChI is InChI=1S/C14H26O5/c1-6-13(5,17)10-14(7-2,11(15)18-8-3)12(16)19-9-4/h17H,6-10H2,1-5H3. The zero-order valence-electron chi connectivity index (χ0n) is 12.6. The molecule has 112 valence electrons. The van der Waals surface area contributed by atoms with Crippen molar-refractivity contribution in [1.82, 2.24) is 0 Å². The summed E-state index contributed by atoms with van der Waals surface area (Å²) >= 11 is 0. The summed E-state index contributed by atoms with van der Waals surface area (Å²) in [5.41, 5.74) is -2.54. The van der Waals surface area contributed by atoms with E-state index in [-0.39, 0.29) is 26.1 Å². The van der Waals surface area contributed by atoms with Crippen LogP contribution in [0.4, 0.5) is 0 Å². The van der Waals surface area contributed by atoms with Crippen LogP contribution in [0.5, 0.6) is 0 Å². The summed E-state index contributed by atoms with van der Waals surface area (Å²) in [7, 11) is 0. The maximum absolute atomic E-state index is 12.2. The van der Waals surface area contributed by atoms with Gasteiger partial charge in [0.15, 0.2) is 5.41 Å². The Morgan fingerprint density at radius 3 is 1.63 bits per heavy atom. The highest BCUT2D eigenvalue weighted by molar-refractivity contribution is 6.00. The first-order valence-corrected chi connectivity index (χ1v) is 6.86. The Kier molecular flexibility index (Phi) is 7.05. The maximum Gasteiger partial charge on any atom is 0.323 e. The molecule has 19 heavy (non-hydrogen) atoms. The van der Waals surface area contributed by atoms with Crippen molar-refractivity contribution >= 4 is 11.9 Å². The third kappa shape index (κ3) is 4.49. The Bertz CT molecular complexity index is 291. The SMILES string of the molecule is CCOC(=O)C(CC)(CC(C)(O)CC)C(=O)OCC. The van der Waals surface area contributed by atoms with Crippen LogP contribution in [0.3, 0.4) is 0 Å². The highest BCUT2D eigenvalue weighted by atomic mass is 16.6. The lowest BCUT2D eigenvalue weighted by Gasteiger charge is -2.34. The van der Waals surface area contributed by atoms with Gasteiger partial charge in [0, 0.05) is 6.42 Å². The zero-order valence-corrected chi connectivity index (χ0v) is 12.6. The van der Waals surface area contributed by atoms with Crippen molar-refractivity contribution in [1.29, 1.82) is 0 Å². The lowest BCUT2D eigenvalue weighted by Crippen LogP contribution is -2.47. The molecule has 1 N–H and O–H groups in total. The first kappa shape index (κ1) is 17.9. The Hall–Kier alpha value is -1.10. The topological polar surface area (TPSA) is 72.8 Å². The number of aliphatic hydroxyl groups is 1. The third-order valence-corrected chi connectivity index (χ3v) is 3.38. The molecule has 0 spiro atoms. The van der Waals surface area contributed by atoms with Crippen LogP contribution >= 0.6 is 0 Å². The van der Waals surface area contributed by atoms with Gasteiger partial charge in [-0.1, -0.05) is 13.8 Å². The van der Waals surface area contributed by atoms with Gasteiger partial charge in [-0.25, -0.2) is 0 Å². The molecule has 5 nitrogen and oxygen atoms in total. The molecular weight excluding hydrogens is 248 g/mol. The molecule has 0 rings (SSSR count). The van der Waals surface area contributed by atoms with Crippen molar-refractivity contribution < 1.29 is 24.2 Å². The van der Waals surface area contributed by atoms with Gasteiger partial charge in [-0.15, -0.1) is 0 Å². The summed E-state index contributed by atoms with van der Waals surface area (Å²) in [5.74, 6) is -1.24. The molecule has 1 atom stereocenters. The van der Waals surface area contributed by atoms with Crippen molar-refractivity contribution in [2.45, 2.75) is 59.5 Å². The molecular formula is C14H26O5. The van der Waals surface area contributed by atoms with Gasteiger partial charge in [0.2, 0.25) is 0 Å². The molecule has 0 aromatic rings. The maximum atomic E-state index is 12.2. The summed E-state index contributed by atoms with van der Waals surface area (Å²) in [4.78, 5) is 24.3. The molecule has 0 aliphatic rings. The first-order chi connectivity index (χ1) is 8.79. The summed E-state index contributed by atoms with van der Waals surface area (Å²) < 4.78 is 10.0. The van der Waals surface area contributed by atoms with E-state index in [4.69, 9.17) is 9.47 Å². The average molecular weight is 274 g/mol. The van der Waals surface area contributed by atoms with Crippen molar-refractivity contribution in [3.63, 3.8) is 0 Å². The minimum atomic E-state index is -1.43. The van der Waals surface area contributed by atoms with Crippen molar-refractivity contribution in [3.8, 4) is 0 Å². The van der Waals surface area contributed by atoms with Gasteiger partial charge in [0.1, 0.15) is 0 Å². The monoisotopic (exact) mass is 274 g/mol. The lowest BCUT2D eigenvalue weighted by molar-refractivity contribution is -0.177. The Morgan fingerprint density at radius 1 is 0.947 bits per heavy atom. The van der Waals surface area contributed by atoms with Gasteiger partial charge in [-0.3, -0.25) is 9.59 Å². The molecule has 0 saturated carbocycles. The highest BCUT2D eigenvalue weighted by Crippen LogP contribution is 2.36. The molecule has 0 fully saturated rings. The van der Waals surface area contributed by atoms with E-state index < -0.39 is 23.0 Å². The number of carbonyl (C=O) groups excluding carboxylic acids is 2. The Labute approximate surface area is 115 Å². The minimum absolute atomic E-state index is 0.00463. The van der Waals surface area contributed by atoms with Crippen LogP contribution in [0.15, 0.2) is 0 Å². The molecule has 0 bridgehead atoms. The summed E-state index contributed by atoms with van der Waals surface area (Å²) in [6.45, 7) is 8.87. The van der Waals surface area contributed by atoms with Gasteiger partial charge in [0.25, 0.3) is 0 Å². The molecule has 0 saturated heterocycles. The molecule has 0 heterocycles. The predicted octanol–water partition coefficient (Wildman–Crippen LogP) is 2.06. The van der Waals surface area contributed by atoms with Gasteiger partial charge < -0.3 is 14.6 Å². The second kappa shape index (κ2) is 7.48. The fraction of sp³-hybridized carbons (Fsp3) is 0.857. The van der Waals surface area contributed by atoms with E-state index in [2.05, 4.69) is 0 Å². The second-order valence-corrected chi connectivity index (χ2v) is 4.90. The number of hydrogen-bond acceptors (Lipinski definition) is 5. The van der Waals surface area contributed by atoms with Gasteiger partial charge in [-0.2, -0.15) is 0 Å². The lowest BCUT2D eigenvalue weighted by atomic mass is 9.74. The van der Waals surface area contributed by atoms with E-state index in [0.717, 1.165) is 0 Å². The molecule has 0 radical (unpaired) electrons. The first-order valence-electron chi connectivity index (χ1n) is 6.86. The van der Waals surface area contributed by atoms with Gasteiger partial charge >= 0.3 is 11.9 Å². The van der Waals surface area contributed by atoms with E-state index in [1.165, 1.54) is 0 Å². The molecule has 0 aromatic heterocycles. The molecule has 0 aromatic carbocycles. The van der Waals surface area contributed by atoms with Crippen molar-refractivity contribution in [2.24, 2.45) is 5.41 Å². The fourth-order valence-corrected chi connectivity index (χ4v) is 1.95. The summed E-state index contributed by atoms with van der Waals surface area (Å²) in [6, 6.07) is 0. The number of ether oxygens (including phenoxy) is 2. The van der Waals surface area contributed by atoms with Crippen LogP contribution in [-0.2, 0) is 19.1 Å². The minimum Gasteiger partial charge on any atom is -0.465 e. The van der Waals surface area contributed by atoms with E-state index >= 15 is 0 Å². The van der Waals surface area contributed by atoms with Crippen LogP contribution in [0.25, 0.3) is 0 Å². The number of esters is 2. The number of hydrogen-bond donors (Lipinski definition) is 1. The predicted molar refractivity (Wildman–Crippen MR) is 71.5 cm³/mol. The van der Waals surface area contributed by atoms with E-state index in [1.807, 2.05) is 0 Å². The largest absolute Gasteiger partial charge is 0.465 e. The molecule has 0 aliphatic heterocycles. The van der Waals surface area contributed by atoms with Crippen LogP contribution in [0, 0.1) is 5.41 Å².